The summed E-state index contributed by atoms with van der Waals surface area (Å²) in [5.41, 5.74) is 0.278. The van der Waals surface area contributed by atoms with Crippen molar-refractivity contribution in [2.45, 2.75) is 19.9 Å². The van der Waals surface area contributed by atoms with Crippen LogP contribution >= 0.6 is 0 Å². The second kappa shape index (κ2) is 8.43. The van der Waals surface area contributed by atoms with E-state index in [1.165, 1.54) is 33.5 Å². The number of amides is 2. The van der Waals surface area contributed by atoms with Crippen molar-refractivity contribution in [1.29, 1.82) is 0 Å². The van der Waals surface area contributed by atoms with E-state index < -0.39 is 11.9 Å². The van der Waals surface area contributed by atoms with Crippen LogP contribution in [0.5, 0.6) is 17.2 Å². The minimum atomic E-state index is -0.771. The van der Waals surface area contributed by atoms with Crippen molar-refractivity contribution in [1.82, 2.24) is 14.9 Å². The van der Waals surface area contributed by atoms with Crippen molar-refractivity contribution in [2.24, 2.45) is 7.05 Å². The number of nitrogens with one attached hydrogen (secondary N) is 2. The molecule has 1 atom stereocenters. The summed E-state index contributed by atoms with van der Waals surface area (Å²) in [4.78, 5) is 29.0. The number of nitrogens with zero attached hydrogens (tertiary/aromatic N) is 2. The van der Waals surface area contributed by atoms with Gasteiger partial charge in [-0.3, -0.25) is 9.59 Å². The summed E-state index contributed by atoms with van der Waals surface area (Å²) in [6.45, 7) is 3.42. The summed E-state index contributed by atoms with van der Waals surface area (Å²) in [5, 5.41) is 5.38. The zero-order valence-electron chi connectivity index (χ0n) is 16.2. The van der Waals surface area contributed by atoms with Crippen LogP contribution in [-0.4, -0.2) is 48.7 Å². The number of benzene rings is 1. The highest BCUT2D eigenvalue weighted by Crippen LogP contribution is 2.38. The fraction of sp³-hybridized carbons (Fsp3) is 0.389. The number of carbonyl (C=O) groups excluding carboxylic acids is 2. The van der Waals surface area contributed by atoms with E-state index in [2.05, 4.69) is 15.6 Å². The minimum absolute atomic E-state index is 0.278. The van der Waals surface area contributed by atoms with Crippen molar-refractivity contribution in [3.05, 3.63) is 29.7 Å². The number of hydrogen-bond donors (Lipinski definition) is 2. The molecule has 2 aromatic rings. The Bertz CT molecular complexity index is 821. The van der Waals surface area contributed by atoms with Crippen molar-refractivity contribution in [2.75, 3.05) is 26.6 Å². The number of hydrogen-bond acceptors (Lipinski definition) is 6. The molecule has 2 rings (SSSR count). The molecule has 0 aliphatic carbocycles. The molecule has 9 heteroatoms. The molecule has 1 aromatic heterocycles. The third-order valence-corrected chi connectivity index (χ3v) is 4.14. The predicted octanol–water partition coefficient (Wildman–Crippen LogP) is 1.51. The molecule has 2 N–H and O–H groups in total. The molecule has 0 aliphatic rings. The van der Waals surface area contributed by atoms with E-state index in [0.29, 0.717) is 23.1 Å². The molecular weight excluding hydrogens is 352 g/mol. The van der Waals surface area contributed by atoms with Gasteiger partial charge in [-0.25, -0.2) is 4.98 Å². The molecule has 0 aliphatic heterocycles. The molecule has 0 radical (unpaired) electrons. The Morgan fingerprint density at radius 3 is 2.15 bits per heavy atom. The summed E-state index contributed by atoms with van der Waals surface area (Å²) in [6, 6.07) is 2.27. The lowest BCUT2D eigenvalue weighted by atomic mass is 10.1. The Kier molecular flexibility index (Phi) is 6.27. The van der Waals surface area contributed by atoms with Gasteiger partial charge in [-0.15, -0.1) is 0 Å². The van der Waals surface area contributed by atoms with Crippen LogP contribution in [0.1, 0.15) is 23.1 Å². The smallest absolute Gasteiger partial charge is 0.252 e. The van der Waals surface area contributed by atoms with Crippen LogP contribution in [0.3, 0.4) is 0 Å². The van der Waals surface area contributed by atoms with E-state index in [4.69, 9.17) is 14.2 Å². The molecular formula is C18H24N4O5. The Balaban J connectivity index is 2.13. The number of carbonyl (C=O) groups is 2. The van der Waals surface area contributed by atoms with Gasteiger partial charge < -0.3 is 29.4 Å². The van der Waals surface area contributed by atoms with E-state index >= 15 is 0 Å². The van der Waals surface area contributed by atoms with Gasteiger partial charge in [0.25, 0.3) is 5.91 Å². The summed E-state index contributed by atoms with van der Waals surface area (Å²) in [6.07, 6.45) is 1.56. The van der Waals surface area contributed by atoms with Crippen LogP contribution < -0.4 is 24.8 Å². The fourth-order valence-corrected chi connectivity index (χ4v) is 2.41. The van der Waals surface area contributed by atoms with E-state index in [1.54, 1.807) is 24.7 Å². The highest BCUT2D eigenvalue weighted by molar-refractivity contribution is 6.01. The minimum Gasteiger partial charge on any atom is -0.493 e. The van der Waals surface area contributed by atoms with Crippen molar-refractivity contribution in [3.63, 3.8) is 0 Å². The molecule has 0 spiro atoms. The van der Waals surface area contributed by atoms with E-state index in [9.17, 15) is 9.59 Å². The zero-order chi connectivity index (χ0) is 20.1. The third-order valence-electron chi connectivity index (χ3n) is 4.14. The largest absolute Gasteiger partial charge is 0.493 e. The quantitative estimate of drug-likeness (QED) is 0.759. The first-order valence-corrected chi connectivity index (χ1v) is 8.22. The second-order valence-electron chi connectivity index (χ2n) is 5.85. The molecule has 27 heavy (non-hydrogen) atoms. The zero-order valence-corrected chi connectivity index (χ0v) is 16.2. The molecule has 146 valence electrons. The topological polar surface area (TPSA) is 104 Å². The average Bonchev–Trinajstić information content (AvgIpc) is 2.98. The summed E-state index contributed by atoms with van der Waals surface area (Å²) in [7, 11) is 6.19. The third kappa shape index (κ3) is 4.30. The number of aryl methyl sites for hydroxylation is 1. The lowest BCUT2D eigenvalue weighted by Gasteiger charge is -2.16. The molecule has 0 saturated carbocycles. The molecule has 0 bridgehead atoms. The summed E-state index contributed by atoms with van der Waals surface area (Å²) < 4.78 is 17.5. The predicted molar refractivity (Wildman–Crippen MR) is 99.6 cm³/mol. The number of ether oxygens (including phenoxy) is 3. The highest BCUT2D eigenvalue weighted by Gasteiger charge is 2.21. The maximum Gasteiger partial charge on any atom is 0.252 e. The second-order valence-corrected chi connectivity index (χ2v) is 5.85. The molecule has 0 saturated heterocycles. The number of rotatable bonds is 7. The van der Waals surface area contributed by atoms with Gasteiger partial charge in [0.15, 0.2) is 11.5 Å². The lowest BCUT2D eigenvalue weighted by Crippen LogP contribution is -2.41. The maximum absolute atomic E-state index is 12.6. The number of anilines is 1. The molecule has 2 amide bonds. The van der Waals surface area contributed by atoms with Gasteiger partial charge in [-0.05, 0) is 26.0 Å². The van der Waals surface area contributed by atoms with Crippen LogP contribution in [0.15, 0.2) is 18.3 Å². The van der Waals surface area contributed by atoms with Crippen LogP contribution in [0, 0.1) is 6.92 Å². The lowest BCUT2D eigenvalue weighted by molar-refractivity contribution is -0.117. The van der Waals surface area contributed by atoms with Gasteiger partial charge in [0, 0.05) is 12.6 Å². The molecule has 1 aromatic carbocycles. The van der Waals surface area contributed by atoms with E-state index in [1.807, 2.05) is 6.92 Å². The van der Waals surface area contributed by atoms with Gasteiger partial charge in [-0.1, -0.05) is 0 Å². The Morgan fingerprint density at radius 2 is 1.70 bits per heavy atom. The van der Waals surface area contributed by atoms with Crippen molar-refractivity contribution < 1.29 is 23.8 Å². The first kappa shape index (κ1) is 20.1. The maximum atomic E-state index is 12.6. The fourth-order valence-electron chi connectivity index (χ4n) is 2.41. The molecule has 1 heterocycles. The molecule has 9 nitrogen and oxygen atoms in total. The first-order valence-electron chi connectivity index (χ1n) is 8.22. The average molecular weight is 376 g/mol. The van der Waals surface area contributed by atoms with Crippen LogP contribution in [0.4, 0.5) is 5.82 Å². The SMILES string of the molecule is COc1cc(C(=O)NC(C)C(=O)Nc2cnc(C)n2C)cc(OC)c1OC. The first-order chi connectivity index (χ1) is 12.8. The van der Waals surface area contributed by atoms with Crippen LogP contribution in [0.2, 0.25) is 0 Å². The number of methoxy groups -OCH3 is 3. The highest BCUT2D eigenvalue weighted by atomic mass is 16.5. The van der Waals surface area contributed by atoms with Crippen molar-refractivity contribution in [3.8, 4) is 17.2 Å². The van der Waals surface area contributed by atoms with Crippen molar-refractivity contribution >= 4 is 17.6 Å². The van der Waals surface area contributed by atoms with Gasteiger partial charge in [0.05, 0.1) is 27.5 Å². The van der Waals surface area contributed by atoms with Gasteiger partial charge in [-0.2, -0.15) is 0 Å². The normalized spacial score (nSPS) is 11.5. The van der Waals surface area contributed by atoms with Gasteiger partial charge in [0.1, 0.15) is 17.7 Å². The van der Waals surface area contributed by atoms with Crippen LogP contribution in [0.25, 0.3) is 0 Å². The Hall–Kier alpha value is -3.23. The summed E-state index contributed by atoms with van der Waals surface area (Å²) in [5.74, 6) is 1.59. The van der Waals surface area contributed by atoms with Gasteiger partial charge >= 0.3 is 0 Å². The Labute approximate surface area is 157 Å². The molecule has 0 fully saturated rings. The Morgan fingerprint density at radius 1 is 1.11 bits per heavy atom. The number of imidazole rings is 1. The van der Waals surface area contributed by atoms with Gasteiger partial charge in [0.2, 0.25) is 11.7 Å². The van der Waals surface area contributed by atoms with E-state index in [0.717, 1.165) is 5.82 Å². The van der Waals surface area contributed by atoms with E-state index in [-0.39, 0.29) is 11.5 Å². The van der Waals surface area contributed by atoms with Crippen LogP contribution in [-0.2, 0) is 11.8 Å². The monoisotopic (exact) mass is 376 g/mol. The molecule has 1 unspecified atom stereocenters. The summed E-state index contributed by atoms with van der Waals surface area (Å²) >= 11 is 0. The number of aromatic nitrogens is 2. The standard InChI is InChI=1S/C18H24N4O5/c1-10(17(23)21-15-9-19-11(2)22(15)3)20-18(24)12-7-13(25-4)16(27-6)14(8-12)26-5/h7-10H,1-6H3,(H,20,24)(H,21,23).